The molecule has 0 unspecified atom stereocenters. The lowest BCUT2D eigenvalue weighted by molar-refractivity contribution is 0.0980. The third-order valence-corrected chi connectivity index (χ3v) is 5.70. The fraction of sp³-hybridized carbons (Fsp3) is 0.0952. The second-order valence-corrected chi connectivity index (χ2v) is 7.63. The monoisotopic (exact) mass is 419 g/mol. The van der Waals surface area contributed by atoms with Gasteiger partial charge in [0.1, 0.15) is 0 Å². The number of nitrogens with zero attached hydrogens (tertiary/aromatic N) is 3. The topological polar surface area (TPSA) is 106 Å². The number of aromatic nitrogens is 3. The van der Waals surface area contributed by atoms with Gasteiger partial charge in [-0.1, -0.05) is 18.2 Å². The molecular formula is C21H17N5O3S. The van der Waals surface area contributed by atoms with E-state index in [1.165, 1.54) is 6.20 Å². The average molecular weight is 419 g/mol. The van der Waals surface area contributed by atoms with E-state index in [-0.39, 0.29) is 24.9 Å². The van der Waals surface area contributed by atoms with E-state index in [1.807, 2.05) is 53.9 Å². The van der Waals surface area contributed by atoms with Crippen molar-refractivity contribution in [2.75, 3.05) is 17.4 Å². The highest BCUT2D eigenvalue weighted by molar-refractivity contribution is 7.13. The predicted molar refractivity (Wildman–Crippen MR) is 114 cm³/mol. The Labute approximate surface area is 175 Å². The van der Waals surface area contributed by atoms with E-state index in [2.05, 4.69) is 15.4 Å². The molecule has 150 valence electrons. The van der Waals surface area contributed by atoms with E-state index in [1.54, 1.807) is 16.2 Å². The second-order valence-electron chi connectivity index (χ2n) is 6.69. The molecule has 8 nitrogen and oxygen atoms in total. The molecule has 2 aromatic heterocycles. The van der Waals surface area contributed by atoms with Crippen LogP contribution in [0.2, 0.25) is 0 Å². The van der Waals surface area contributed by atoms with Crippen LogP contribution in [0.15, 0.2) is 60.1 Å². The number of nitrogen functional groups attached to an aromatic ring is 1. The maximum atomic E-state index is 13.3. The molecule has 9 heteroatoms. The molecule has 0 aliphatic carbocycles. The smallest absolute Gasteiger partial charge is 0.280 e. The van der Waals surface area contributed by atoms with Gasteiger partial charge in [0.05, 0.1) is 24.1 Å². The van der Waals surface area contributed by atoms with E-state index in [0.29, 0.717) is 22.9 Å². The first-order valence-corrected chi connectivity index (χ1v) is 10.1. The van der Waals surface area contributed by atoms with Crippen LogP contribution in [0.25, 0.3) is 10.4 Å². The number of carbonyl (C=O) groups is 1. The lowest BCUT2D eigenvalue weighted by Gasteiger charge is -2.24. The van der Waals surface area contributed by atoms with Crippen LogP contribution in [0.1, 0.15) is 16.1 Å². The summed E-state index contributed by atoms with van der Waals surface area (Å²) in [5, 5.41) is 12.2. The summed E-state index contributed by atoms with van der Waals surface area (Å²) in [6.45, 7) is 0.469. The van der Waals surface area contributed by atoms with Crippen LogP contribution >= 0.6 is 11.3 Å². The summed E-state index contributed by atoms with van der Waals surface area (Å²) >= 11 is 1.62. The number of rotatable bonds is 5. The van der Waals surface area contributed by atoms with Crippen LogP contribution in [0.4, 0.5) is 11.4 Å². The van der Waals surface area contributed by atoms with Crippen LogP contribution in [-0.2, 0) is 6.54 Å². The molecule has 0 saturated heterocycles. The highest BCUT2D eigenvalue weighted by Crippen LogP contribution is 2.36. The van der Waals surface area contributed by atoms with Gasteiger partial charge in [0, 0.05) is 4.88 Å². The summed E-state index contributed by atoms with van der Waals surface area (Å²) in [5.74, 6) is 1.03. The second kappa shape index (κ2) is 7.53. The number of nitrogens with two attached hydrogens (primary N) is 1. The Balaban J connectivity index is 1.56. The van der Waals surface area contributed by atoms with Gasteiger partial charge in [-0.3, -0.25) is 4.79 Å². The number of nitrogens with one attached hydrogen (secondary N) is 1. The maximum absolute atomic E-state index is 13.3. The van der Waals surface area contributed by atoms with E-state index in [4.69, 9.17) is 15.2 Å². The molecule has 0 radical (unpaired) electrons. The lowest BCUT2D eigenvalue weighted by atomic mass is 10.1. The Kier molecular flexibility index (Phi) is 4.56. The number of aromatic amines is 1. The minimum absolute atomic E-state index is 0.191. The molecule has 0 saturated carbocycles. The summed E-state index contributed by atoms with van der Waals surface area (Å²) in [6.07, 6.45) is 1.40. The van der Waals surface area contributed by atoms with Crippen LogP contribution in [0.5, 0.6) is 11.5 Å². The number of hydrogen-bond acceptors (Lipinski definition) is 7. The number of carbonyl (C=O) groups excluding carboxylic acids is 1. The van der Waals surface area contributed by atoms with Crippen molar-refractivity contribution < 1.29 is 14.3 Å². The Morgan fingerprint density at radius 1 is 1.17 bits per heavy atom. The van der Waals surface area contributed by atoms with E-state index in [9.17, 15) is 4.79 Å². The Morgan fingerprint density at radius 3 is 2.87 bits per heavy atom. The molecule has 0 fully saturated rings. The number of hydrogen-bond donors (Lipinski definition) is 2. The van der Waals surface area contributed by atoms with Gasteiger partial charge in [0.25, 0.3) is 5.91 Å². The van der Waals surface area contributed by atoms with Gasteiger partial charge in [-0.2, -0.15) is 15.4 Å². The third kappa shape index (κ3) is 3.35. The fourth-order valence-corrected chi connectivity index (χ4v) is 4.03. The number of H-pyrrole nitrogens is 1. The first-order valence-electron chi connectivity index (χ1n) is 9.18. The first kappa shape index (κ1) is 18.2. The normalized spacial score (nSPS) is 12.1. The van der Waals surface area contributed by atoms with Crippen molar-refractivity contribution in [3.63, 3.8) is 0 Å². The summed E-state index contributed by atoms with van der Waals surface area (Å²) in [7, 11) is 0. The molecule has 0 bridgehead atoms. The quantitative estimate of drug-likeness (QED) is 0.478. The number of fused-ring (bicyclic) bond motifs is 1. The van der Waals surface area contributed by atoms with Crippen molar-refractivity contribution >= 4 is 28.6 Å². The summed E-state index contributed by atoms with van der Waals surface area (Å²) in [6, 6.07) is 15.3. The molecule has 2 aromatic carbocycles. The van der Waals surface area contributed by atoms with Gasteiger partial charge in [-0.25, -0.2) is 0 Å². The average Bonchev–Trinajstić information content (AvgIpc) is 3.54. The first-order chi connectivity index (χ1) is 14.7. The van der Waals surface area contributed by atoms with Crippen molar-refractivity contribution in [3.05, 3.63) is 71.4 Å². The SMILES string of the molecule is Nc1ccc(-c2cccs2)cc1N(Cc1ccc2c(c1)OCO2)C(=O)c1cn[nH]n1. The zero-order chi connectivity index (χ0) is 20.5. The molecule has 1 aliphatic heterocycles. The van der Waals surface area contributed by atoms with Crippen molar-refractivity contribution in [1.82, 2.24) is 15.4 Å². The van der Waals surface area contributed by atoms with Gasteiger partial charge < -0.3 is 20.1 Å². The number of ether oxygens (including phenoxy) is 2. The van der Waals surface area contributed by atoms with Crippen LogP contribution in [0, 0.1) is 0 Å². The number of thiophene rings is 1. The molecular weight excluding hydrogens is 402 g/mol. The third-order valence-electron chi connectivity index (χ3n) is 4.78. The van der Waals surface area contributed by atoms with E-state index in [0.717, 1.165) is 16.0 Å². The lowest BCUT2D eigenvalue weighted by Crippen LogP contribution is -2.31. The van der Waals surface area contributed by atoms with Gasteiger partial charge in [-0.05, 0) is 46.8 Å². The minimum Gasteiger partial charge on any atom is -0.454 e. The van der Waals surface area contributed by atoms with E-state index < -0.39 is 0 Å². The van der Waals surface area contributed by atoms with Crippen molar-refractivity contribution in [2.45, 2.75) is 6.54 Å². The molecule has 4 aromatic rings. The summed E-state index contributed by atoms with van der Waals surface area (Å²) in [4.78, 5) is 16.0. The standard InChI is InChI=1S/C21H17N5O3S/c22-15-5-4-14(20-2-1-7-30-20)9-17(15)26(21(27)16-10-23-25-24-16)11-13-3-6-18-19(8-13)29-12-28-18/h1-10H,11-12,22H2,(H,23,24,25). The minimum atomic E-state index is -0.309. The molecule has 1 aliphatic rings. The van der Waals surface area contributed by atoms with Gasteiger partial charge in [0.2, 0.25) is 6.79 Å². The molecule has 3 heterocycles. The maximum Gasteiger partial charge on any atom is 0.280 e. The van der Waals surface area contributed by atoms with Gasteiger partial charge in [0.15, 0.2) is 17.2 Å². The number of amides is 1. The zero-order valence-electron chi connectivity index (χ0n) is 15.7. The Hall–Kier alpha value is -3.85. The van der Waals surface area contributed by atoms with Crippen LogP contribution in [-0.4, -0.2) is 28.1 Å². The Bertz CT molecular complexity index is 1190. The zero-order valence-corrected chi connectivity index (χ0v) is 16.6. The molecule has 30 heavy (non-hydrogen) atoms. The highest BCUT2D eigenvalue weighted by atomic mass is 32.1. The van der Waals surface area contributed by atoms with Gasteiger partial charge in [-0.15, -0.1) is 11.3 Å². The largest absolute Gasteiger partial charge is 0.454 e. The molecule has 3 N–H and O–H groups in total. The van der Waals surface area contributed by atoms with Crippen molar-refractivity contribution in [3.8, 4) is 21.9 Å². The number of anilines is 2. The predicted octanol–water partition coefficient (Wildman–Crippen LogP) is 3.69. The Morgan fingerprint density at radius 2 is 2.07 bits per heavy atom. The molecule has 5 rings (SSSR count). The molecule has 0 atom stereocenters. The van der Waals surface area contributed by atoms with Crippen LogP contribution in [0.3, 0.4) is 0 Å². The highest BCUT2D eigenvalue weighted by Gasteiger charge is 2.24. The summed E-state index contributed by atoms with van der Waals surface area (Å²) < 4.78 is 10.9. The fourth-order valence-electron chi connectivity index (χ4n) is 3.30. The van der Waals surface area contributed by atoms with E-state index >= 15 is 0 Å². The van der Waals surface area contributed by atoms with Crippen LogP contribution < -0.4 is 20.1 Å². The summed E-state index contributed by atoms with van der Waals surface area (Å²) in [5.41, 5.74) is 9.46. The van der Waals surface area contributed by atoms with Gasteiger partial charge >= 0.3 is 0 Å². The molecule has 0 spiro atoms. The van der Waals surface area contributed by atoms with Crippen molar-refractivity contribution in [2.24, 2.45) is 0 Å². The van der Waals surface area contributed by atoms with Crippen molar-refractivity contribution in [1.29, 1.82) is 0 Å². The molecule has 1 amide bonds. The number of benzene rings is 2.